The molecule has 0 aliphatic carbocycles. The van der Waals surface area contributed by atoms with Crippen LogP contribution in [0.1, 0.15) is 45.4 Å². The molecule has 0 aliphatic heterocycles. The van der Waals surface area contributed by atoms with E-state index in [2.05, 4.69) is 6.92 Å². The largest absolute Gasteiger partial charge is 0.396 e. The molecule has 0 bridgehead atoms. The van der Waals surface area contributed by atoms with Crippen molar-refractivity contribution in [2.45, 2.75) is 45.4 Å². The van der Waals surface area contributed by atoms with E-state index in [4.69, 9.17) is 16.7 Å². The van der Waals surface area contributed by atoms with Crippen LogP contribution in [-0.4, -0.2) is 17.6 Å². The maximum Gasteiger partial charge on any atom is 0.0431 e. The fourth-order valence-electron chi connectivity index (χ4n) is 1.29. The molecule has 0 rings (SSSR count). The van der Waals surface area contributed by atoms with Crippen molar-refractivity contribution >= 4 is 11.6 Å². The van der Waals surface area contributed by atoms with Crippen molar-refractivity contribution in [1.29, 1.82) is 0 Å². The van der Waals surface area contributed by atoms with Gasteiger partial charge in [-0.05, 0) is 18.8 Å². The van der Waals surface area contributed by atoms with Gasteiger partial charge in [-0.3, -0.25) is 0 Å². The smallest absolute Gasteiger partial charge is 0.0431 e. The van der Waals surface area contributed by atoms with Crippen molar-refractivity contribution in [1.82, 2.24) is 0 Å². The second kappa shape index (κ2) is 9.34. The lowest BCUT2D eigenvalue weighted by atomic mass is 10.0. The first-order valence-corrected chi connectivity index (χ1v) is 5.51. The number of hydrogen-bond donors (Lipinski definition) is 1. The van der Waals surface area contributed by atoms with Crippen LogP contribution in [0.25, 0.3) is 0 Å². The van der Waals surface area contributed by atoms with Crippen LogP contribution >= 0.6 is 11.6 Å². The highest BCUT2D eigenvalue weighted by Crippen LogP contribution is 2.13. The molecule has 0 amide bonds. The maximum atomic E-state index is 8.54. The standard InChI is InChI=1S/C10H21ClO/c1-10(7-8-11)6-4-2-3-5-9-12/h10,12H,2-9H2,1H3. The van der Waals surface area contributed by atoms with Crippen molar-refractivity contribution < 1.29 is 5.11 Å². The number of rotatable bonds is 8. The summed E-state index contributed by atoms with van der Waals surface area (Å²) < 4.78 is 0. The number of halogens is 1. The van der Waals surface area contributed by atoms with Gasteiger partial charge >= 0.3 is 0 Å². The van der Waals surface area contributed by atoms with Crippen LogP contribution in [0.2, 0.25) is 0 Å². The molecule has 1 unspecified atom stereocenters. The number of hydrogen-bond acceptors (Lipinski definition) is 1. The molecular weight excluding hydrogens is 172 g/mol. The Morgan fingerprint density at radius 3 is 2.33 bits per heavy atom. The number of alkyl halides is 1. The van der Waals surface area contributed by atoms with Crippen LogP contribution in [0.15, 0.2) is 0 Å². The van der Waals surface area contributed by atoms with Crippen LogP contribution in [0.5, 0.6) is 0 Å². The summed E-state index contributed by atoms with van der Waals surface area (Å²) in [6.07, 6.45) is 7.11. The third kappa shape index (κ3) is 8.35. The molecule has 0 saturated carbocycles. The van der Waals surface area contributed by atoms with Crippen molar-refractivity contribution in [2.75, 3.05) is 12.5 Å². The quantitative estimate of drug-likeness (QED) is 0.463. The fourth-order valence-corrected chi connectivity index (χ4v) is 1.66. The topological polar surface area (TPSA) is 20.2 Å². The summed E-state index contributed by atoms with van der Waals surface area (Å²) in [7, 11) is 0. The Labute approximate surface area is 81.1 Å². The molecular formula is C10H21ClO. The van der Waals surface area contributed by atoms with Crippen LogP contribution in [0.3, 0.4) is 0 Å². The zero-order chi connectivity index (χ0) is 9.23. The van der Waals surface area contributed by atoms with Crippen molar-refractivity contribution in [3.63, 3.8) is 0 Å². The minimum absolute atomic E-state index is 0.344. The zero-order valence-corrected chi connectivity index (χ0v) is 8.82. The summed E-state index contributed by atoms with van der Waals surface area (Å²) in [6.45, 7) is 2.60. The summed E-state index contributed by atoms with van der Waals surface area (Å²) in [5.74, 6) is 1.56. The third-order valence-electron chi connectivity index (χ3n) is 2.21. The van der Waals surface area contributed by atoms with E-state index >= 15 is 0 Å². The molecule has 1 atom stereocenters. The summed E-state index contributed by atoms with van der Waals surface area (Å²) in [5, 5.41) is 8.54. The van der Waals surface area contributed by atoms with Gasteiger partial charge in [0.2, 0.25) is 0 Å². The lowest BCUT2D eigenvalue weighted by Gasteiger charge is -2.07. The second-order valence-corrected chi connectivity index (χ2v) is 3.89. The molecule has 0 fully saturated rings. The van der Waals surface area contributed by atoms with Gasteiger partial charge in [-0.15, -0.1) is 11.6 Å². The Morgan fingerprint density at radius 2 is 1.75 bits per heavy atom. The Kier molecular flexibility index (Phi) is 9.53. The van der Waals surface area contributed by atoms with Crippen LogP contribution in [-0.2, 0) is 0 Å². The first-order chi connectivity index (χ1) is 5.81. The highest BCUT2D eigenvalue weighted by atomic mass is 35.5. The SMILES string of the molecule is CC(CCCl)CCCCCCO. The van der Waals surface area contributed by atoms with Gasteiger partial charge in [0, 0.05) is 12.5 Å². The molecule has 0 aromatic rings. The van der Waals surface area contributed by atoms with Gasteiger partial charge < -0.3 is 5.11 Å². The molecule has 74 valence electrons. The van der Waals surface area contributed by atoms with E-state index in [1.165, 1.54) is 25.7 Å². The minimum atomic E-state index is 0.344. The van der Waals surface area contributed by atoms with E-state index < -0.39 is 0 Å². The number of unbranched alkanes of at least 4 members (excludes halogenated alkanes) is 3. The first kappa shape index (κ1) is 12.2. The zero-order valence-electron chi connectivity index (χ0n) is 8.06. The summed E-state index contributed by atoms with van der Waals surface area (Å²) in [4.78, 5) is 0. The minimum Gasteiger partial charge on any atom is -0.396 e. The van der Waals surface area contributed by atoms with E-state index in [1.807, 2.05) is 0 Å². The molecule has 0 heterocycles. The van der Waals surface area contributed by atoms with Crippen LogP contribution in [0.4, 0.5) is 0 Å². The molecule has 12 heavy (non-hydrogen) atoms. The monoisotopic (exact) mass is 192 g/mol. The van der Waals surface area contributed by atoms with Crippen molar-refractivity contribution in [3.05, 3.63) is 0 Å². The van der Waals surface area contributed by atoms with E-state index in [9.17, 15) is 0 Å². The fraction of sp³-hybridized carbons (Fsp3) is 1.00. The average molecular weight is 193 g/mol. The lowest BCUT2D eigenvalue weighted by molar-refractivity contribution is 0.281. The van der Waals surface area contributed by atoms with Crippen molar-refractivity contribution in [3.8, 4) is 0 Å². The molecule has 0 aromatic heterocycles. The molecule has 0 aromatic carbocycles. The lowest BCUT2D eigenvalue weighted by Crippen LogP contribution is -1.95. The Hall–Kier alpha value is 0.250. The molecule has 0 spiro atoms. The molecule has 1 N–H and O–H groups in total. The molecule has 1 nitrogen and oxygen atoms in total. The first-order valence-electron chi connectivity index (χ1n) is 4.98. The van der Waals surface area contributed by atoms with Gasteiger partial charge in [0.15, 0.2) is 0 Å². The number of aliphatic hydroxyl groups is 1. The van der Waals surface area contributed by atoms with Gasteiger partial charge in [0.05, 0.1) is 0 Å². The average Bonchev–Trinajstić information content (AvgIpc) is 2.05. The highest BCUT2D eigenvalue weighted by molar-refractivity contribution is 6.17. The van der Waals surface area contributed by atoms with Crippen molar-refractivity contribution in [2.24, 2.45) is 5.92 Å². The number of aliphatic hydroxyl groups excluding tert-OH is 1. The van der Waals surface area contributed by atoms with Gasteiger partial charge in [-0.1, -0.05) is 32.6 Å². The normalized spacial score (nSPS) is 13.2. The van der Waals surface area contributed by atoms with E-state index in [0.29, 0.717) is 6.61 Å². The Bertz CT molecular complexity index is 85.9. The maximum absolute atomic E-state index is 8.54. The molecule has 0 radical (unpaired) electrons. The van der Waals surface area contributed by atoms with Gasteiger partial charge in [0.1, 0.15) is 0 Å². The molecule has 0 aliphatic rings. The Balaban J connectivity index is 2.97. The summed E-state index contributed by atoms with van der Waals surface area (Å²) in [6, 6.07) is 0. The highest BCUT2D eigenvalue weighted by Gasteiger charge is 1.99. The predicted octanol–water partition coefficient (Wildman–Crippen LogP) is 3.19. The van der Waals surface area contributed by atoms with Gasteiger partial charge in [-0.25, -0.2) is 0 Å². The summed E-state index contributed by atoms with van der Waals surface area (Å²) >= 11 is 5.63. The van der Waals surface area contributed by atoms with E-state index in [1.54, 1.807) is 0 Å². The third-order valence-corrected chi connectivity index (χ3v) is 2.43. The van der Waals surface area contributed by atoms with E-state index in [-0.39, 0.29) is 0 Å². The Morgan fingerprint density at radius 1 is 1.08 bits per heavy atom. The summed E-state index contributed by atoms with van der Waals surface area (Å²) in [5.41, 5.74) is 0. The van der Waals surface area contributed by atoms with Gasteiger partial charge in [-0.2, -0.15) is 0 Å². The van der Waals surface area contributed by atoms with Crippen LogP contribution < -0.4 is 0 Å². The second-order valence-electron chi connectivity index (χ2n) is 3.51. The molecule has 2 heteroatoms. The van der Waals surface area contributed by atoms with Crippen LogP contribution in [0, 0.1) is 5.92 Å². The predicted molar refractivity (Wildman–Crippen MR) is 54.7 cm³/mol. The molecule has 0 saturated heterocycles. The van der Waals surface area contributed by atoms with Gasteiger partial charge in [0.25, 0.3) is 0 Å². The van der Waals surface area contributed by atoms with E-state index in [0.717, 1.165) is 24.6 Å².